The Morgan fingerprint density at radius 2 is 1.80 bits per heavy atom. The van der Waals surface area contributed by atoms with Crippen molar-refractivity contribution in [3.63, 3.8) is 0 Å². The molecular weight excluding hydrogens is 256 g/mol. The van der Waals surface area contributed by atoms with Crippen molar-refractivity contribution in [2.45, 2.75) is 19.8 Å². The highest BCUT2D eigenvalue weighted by molar-refractivity contribution is 5.93. The van der Waals surface area contributed by atoms with Gasteiger partial charge in [0, 0.05) is 18.8 Å². The zero-order valence-corrected chi connectivity index (χ0v) is 12.2. The molecule has 112 valence electrons. The highest BCUT2D eigenvalue weighted by Crippen LogP contribution is 2.23. The predicted molar refractivity (Wildman–Crippen MR) is 79.8 cm³/mol. The molecule has 3 N–H and O–H groups in total. The Balaban J connectivity index is 2.66. The van der Waals surface area contributed by atoms with Crippen LogP contribution in [0.2, 0.25) is 0 Å². The molecule has 1 aromatic rings. The third-order valence-corrected chi connectivity index (χ3v) is 3.06. The van der Waals surface area contributed by atoms with Gasteiger partial charge in [0.1, 0.15) is 0 Å². The third-order valence-electron chi connectivity index (χ3n) is 3.06. The van der Waals surface area contributed by atoms with E-state index in [1.165, 1.54) is 0 Å². The summed E-state index contributed by atoms with van der Waals surface area (Å²) in [5.41, 5.74) is 1.91. The van der Waals surface area contributed by atoms with E-state index in [1.807, 2.05) is 24.3 Å². The van der Waals surface area contributed by atoms with E-state index in [9.17, 15) is 4.79 Å². The van der Waals surface area contributed by atoms with E-state index >= 15 is 0 Å². The molecule has 5 heteroatoms. The SMILES string of the molecule is CC(C)c1ccccc1NC(=O)CN(CCO)CCO. The maximum Gasteiger partial charge on any atom is 0.238 e. The van der Waals surface area contributed by atoms with Crippen LogP contribution < -0.4 is 5.32 Å². The number of carbonyl (C=O) groups is 1. The fourth-order valence-corrected chi connectivity index (χ4v) is 2.06. The molecule has 0 unspecified atom stereocenters. The average Bonchev–Trinajstić information content (AvgIpc) is 2.39. The van der Waals surface area contributed by atoms with Gasteiger partial charge in [0.15, 0.2) is 0 Å². The van der Waals surface area contributed by atoms with Crippen molar-refractivity contribution >= 4 is 11.6 Å². The Morgan fingerprint density at radius 3 is 2.35 bits per heavy atom. The molecule has 20 heavy (non-hydrogen) atoms. The van der Waals surface area contributed by atoms with Crippen LogP contribution in [0.4, 0.5) is 5.69 Å². The van der Waals surface area contributed by atoms with Crippen LogP contribution in [0.3, 0.4) is 0 Å². The lowest BCUT2D eigenvalue weighted by atomic mass is 10.0. The fourth-order valence-electron chi connectivity index (χ4n) is 2.06. The molecule has 1 aromatic carbocycles. The summed E-state index contributed by atoms with van der Waals surface area (Å²) < 4.78 is 0. The van der Waals surface area contributed by atoms with Gasteiger partial charge in [-0.15, -0.1) is 0 Å². The predicted octanol–water partition coefficient (Wildman–Crippen LogP) is 1.04. The number of carbonyl (C=O) groups excluding carboxylic acids is 1. The number of benzene rings is 1. The van der Waals surface area contributed by atoms with Crippen molar-refractivity contribution in [3.8, 4) is 0 Å². The molecule has 0 aliphatic heterocycles. The van der Waals surface area contributed by atoms with Gasteiger partial charge < -0.3 is 15.5 Å². The van der Waals surface area contributed by atoms with E-state index < -0.39 is 0 Å². The second kappa shape index (κ2) is 8.68. The van der Waals surface area contributed by atoms with Crippen molar-refractivity contribution in [2.24, 2.45) is 0 Å². The van der Waals surface area contributed by atoms with Gasteiger partial charge in [-0.25, -0.2) is 0 Å². The molecule has 0 aliphatic rings. The van der Waals surface area contributed by atoms with Crippen LogP contribution in [0.1, 0.15) is 25.3 Å². The molecule has 1 rings (SSSR count). The van der Waals surface area contributed by atoms with E-state index in [0.717, 1.165) is 11.3 Å². The molecule has 0 radical (unpaired) electrons. The molecule has 0 aromatic heterocycles. The van der Waals surface area contributed by atoms with Crippen LogP contribution in [-0.4, -0.2) is 53.9 Å². The van der Waals surface area contributed by atoms with Crippen LogP contribution in [0.15, 0.2) is 24.3 Å². The molecular formula is C15H24N2O3. The van der Waals surface area contributed by atoms with Crippen LogP contribution >= 0.6 is 0 Å². The molecule has 0 heterocycles. The minimum absolute atomic E-state index is 0.0319. The maximum absolute atomic E-state index is 12.0. The average molecular weight is 280 g/mol. The number of aliphatic hydroxyl groups excluding tert-OH is 2. The largest absolute Gasteiger partial charge is 0.395 e. The number of aliphatic hydroxyl groups is 2. The first-order valence-electron chi connectivity index (χ1n) is 6.91. The maximum atomic E-state index is 12.0. The van der Waals surface area contributed by atoms with Gasteiger partial charge >= 0.3 is 0 Å². The van der Waals surface area contributed by atoms with Crippen LogP contribution in [0.5, 0.6) is 0 Å². The van der Waals surface area contributed by atoms with Gasteiger partial charge in [-0.3, -0.25) is 9.69 Å². The molecule has 0 aliphatic carbocycles. The second-order valence-electron chi connectivity index (χ2n) is 5.01. The van der Waals surface area contributed by atoms with Crippen molar-refractivity contribution in [1.82, 2.24) is 4.90 Å². The lowest BCUT2D eigenvalue weighted by molar-refractivity contribution is -0.117. The lowest BCUT2D eigenvalue weighted by Gasteiger charge is -2.20. The second-order valence-corrected chi connectivity index (χ2v) is 5.01. The number of rotatable bonds is 8. The van der Waals surface area contributed by atoms with Crippen molar-refractivity contribution in [1.29, 1.82) is 0 Å². The van der Waals surface area contributed by atoms with E-state index in [1.54, 1.807) is 4.90 Å². The molecule has 0 atom stereocenters. The number of hydrogen-bond donors (Lipinski definition) is 3. The first-order chi connectivity index (χ1) is 9.58. The standard InChI is InChI=1S/C15H24N2O3/c1-12(2)13-5-3-4-6-14(13)16-15(20)11-17(7-9-18)8-10-19/h3-6,12,18-19H,7-11H2,1-2H3,(H,16,20). The monoisotopic (exact) mass is 280 g/mol. The normalized spacial score (nSPS) is 11.1. The number of anilines is 1. The summed E-state index contributed by atoms with van der Waals surface area (Å²) >= 11 is 0. The van der Waals surface area contributed by atoms with Gasteiger partial charge in [-0.1, -0.05) is 32.0 Å². The Labute approximate surface area is 120 Å². The van der Waals surface area contributed by atoms with Crippen molar-refractivity contribution < 1.29 is 15.0 Å². The number of nitrogens with zero attached hydrogens (tertiary/aromatic N) is 1. The summed E-state index contributed by atoms with van der Waals surface area (Å²) in [5.74, 6) is 0.192. The number of amides is 1. The Morgan fingerprint density at radius 1 is 1.20 bits per heavy atom. The zero-order chi connectivity index (χ0) is 15.0. The fraction of sp³-hybridized carbons (Fsp3) is 0.533. The molecule has 0 bridgehead atoms. The van der Waals surface area contributed by atoms with Gasteiger partial charge in [0.25, 0.3) is 0 Å². The number of para-hydroxylation sites is 1. The zero-order valence-electron chi connectivity index (χ0n) is 12.2. The summed E-state index contributed by atoms with van der Waals surface area (Å²) in [5, 5.41) is 20.8. The number of hydrogen-bond acceptors (Lipinski definition) is 4. The minimum Gasteiger partial charge on any atom is -0.395 e. The summed E-state index contributed by atoms with van der Waals surface area (Å²) in [6.45, 7) is 5.00. The van der Waals surface area contributed by atoms with E-state index in [4.69, 9.17) is 10.2 Å². The molecule has 1 amide bonds. The van der Waals surface area contributed by atoms with E-state index in [0.29, 0.717) is 19.0 Å². The highest BCUT2D eigenvalue weighted by Gasteiger charge is 2.12. The first-order valence-corrected chi connectivity index (χ1v) is 6.91. The van der Waals surface area contributed by atoms with Gasteiger partial charge in [-0.2, -0.15) is 0 Å². The molecule has 0 spiro atoms. The van der Waals surface area contributed by atoms with Gasteiger partial charge in [0.2, 0.25) is 5.91 Å². The molecule has 0 saturated carbocycles. The van der Waals surface area contributed by atoms with Crippen LogP contribution in [0.25, 0.3) is 0 Å². The smallest absolute Gasteiger partial charge is 0.238 e. The quantitative estimate of drug-likeness (QED) is 0.665. The Kier molecular flexibility index (Phi) is 7.22. The van der Waals surface area contributed by atoms with Gasteiger partial charge in [-0.05, 0) is 17.5 Å². The lowest BCUT2D eigenvalue weighted by Crippen LogP contribution is -2.37. The molecule has 5 nitrogen and oxygen atoms in total. The summed E-state index contributed by atoms with van der Waals surface area (Å²) in [7, 11) is 0. The Hall–Kier alpha value is -1.43. The topological polar surface area (TPSA) is 72.8 Å². The van der Waals surface area contributed by atoms with E-state index in [-0.39, 0.29) is 25.7 Å². The summed E-state index contributed by atoms with van der Waals surface area (Å²) in [4.78, 5) is 13.7. The van der Waals surface area contributed by atoms with Crippen molar-refractivity contribution in [3.05, 3.63) is 29.8 Å². The molecule has 0 saturated heterocycles. The summed E-state index contributed by atoms with van der Waals surface area (Å²) in [6.07, 6.45) is 0. The Bertz CT molecular complexity index is 415. The first kappa shape index (κ1) is 16.6. The van der Waals surface area contributed by atoms with Gasteiger partial charge in [0.05, 0.1) is 19.8 Å². The van der Waals surface area contributed by atoms with Crippen LogP contribution in [-0.2, 0) is 4.79 Å². The molecule has 0 fully saturated rings. The number of nitrogens with one attached hydrogen (secondary N) is 1. The third kappa shape index (κ3) is 5.28. The van der Waals surface area contributed by atoms with Crippen molar-refractivity contribution in [2.75, 3.05) is 38.2 Å². The summed E-state index contributed by atoms with van der Waals surface area (Å²) in [6, 6.07) is 7.73. The highest BCUT2D eigenvalue weighted by atomic mass is 16.3. The van der Waals surface area contributed by atoms with Crippen LogP contribution in [0, 0.1) is 0 Å². The van der Waals surface area contributed by atoms with E-state index in [2.05, 4.69) is 19.2 Å². The minimum atomic E-state index is -0.139.